The van der Waals surface area contributed by atoms with Crippen LogP contribution in [-0.4, -0.2) is 45.9 Å². The van der Waals surface area contributed by atoms with E-state index in [0.29, 0.717) is 12.4 Å². The molecule has 14 heteroatoms. The number of nitrogens with zero attached hydrogens (tertiary/aromatic N) is 8. The maximum atomic E-state index is 13.1. The fraction of sp³-hybridized carbons (Fsp3) is 0.438. The number of carbonyl (C=O) groups excluding carboxylic acids is 1. The van der Waals surface area contributed by atoms with Gasteiger partial charge in [-0.1, -0.05) is 12.0 Å². The first kappa shape index (κ1) is 21.3. The van der Waals surface area contributed by atoms with Crippen molar-refractivity contribution in [1.82, 2.24) is 40.0 Å². The second-order valence-corrected chi connectivity index (χ2v) is 6.20. The van der Waals surface area contributed by atoms with Crippen LogP contribution in [0.25, 0.3) is 0 Å². The zero-order valence-electron chi connectivity index (χ0n) is 16.1. The monoisotopic (exact) mass is 425 g/mol. The van der Waals surface area contributed by atoms with Gasteiger partial charge in [0.15, 0.2) is 5.82 Å². The molecule has 0 fully saturated rings. The Morgan fingerprint density at radius 3 is 2.73 bits per heavy atom. The van der Waals surface area contributed by atoms with Gasteiger partial charge in [-0.05, 0) is 29.0 Å². The van der Waals surface area contributed by atoms with Crippen molar-refractivity contribution in [2.24, 2.45) is 7.05 Å². The first-order chi connectivity index (χ1) is 14.3. The Labute approximate surface area is 168 Å². The van der Waals surface area contributed by atoms with Crippen LogP contribution < -0.4 is 5.32 Å². The molecular weight excluding hydrogens is 407 g/mol. The minimum atomic E-state index is -4.67. The summed E-state index contributed by atoms with van der Waals surface area (Å²) in [5.41, 5.74) is -1.42. The fourth-order valence-corrected chi connectivity index (χ4v) is 2.49. The third-order valence-corrected chi connectivity index (χ3v) is 3.82. The topological polar surface area (TPSA) is 126 Å². The van der Waals surface area contributed by atoms with Gasteiger partial charge < -0.3 is 4.74 Å². The molecule has 11 nitrogen and oxygen atoms in total. The molecule has 1 amide bonds. The third kappa shape index (κ3) is 5.14. The van der Waals surface area contributed by atoms with Crippen molar-refractivity contribution < 1.29 is 22.7 Å². The number of carbonyl (C=O) groups is 1. The molecule has 0 saturated carbocycles. The molecule has 0 saturated heterocycles. The molecule has 3 heterocycles. The second-order valence-electron chi connectivity index (χ2n) is 6.20. The molecule has 3 aromatic rings. The molecule has 0 radical (unpaired) electrons. The van der Waals surface area contributed by atoms with Crippen LogP contribution in [0.15, 0.2) is 18.5 Å². The molecular formula is C16H18F3N9O2. The van der Waals surface area contributed by atoms with E-state index >= 15 is 0 Å². The zero-order valence-corrected chi connectivity index (χ0v) is 16.1. The Morgan fingerprint density at radius 1 is 1.27 bits per heavy atom. The average Bonchev–Trinajstić information content (AvgIpc) is 3.30. The summed E-state index contributed by atoms with van der Waals surface area (Å²) in [5.74, 6) is -0.293. The third-order valence-electron chi connectivity index (χ3n) is 3.82. The number of aromatic nitrogens is 8. The summed E-state index contributed by atoms with van der Waals surface area (Å²) in [7, 11) is 1.67. The van der Waals surface area contributed by atoms with E-state index in [1.54, 1.807) is 7.05 Å². The van der Waals surface area contributed by atoms with Crippen LogP contribution in [0.2, 0.25) is 0 Å². The molecule has 0 aliphatic carbocycles. The van der Waals surface area contributed by atoms with Gasteiger partial charge in [0.05, 0.1) is 17.9 Å². The smallest absolute Gasteiger partial charge is 0.367 e. The summed E-state index contributed by atoms with van der Waals surface area (Å²) in [6.07, 6.45) is -2.49. The highest BCUT2D eigenvalue weighted by Gasteiger charge is 2.33. The number of tetrazole rings is 1. The summed E-state index contributed by atoms with van der Waals surface area (Å²) in [6.45, 7) is 1.94. The first-order valence-electron chi connectivity index (χ1n) is 8.84. The van der Waals surface area contributed by atoms with Crippen LogP contribution in [-0.2, 0) is 37.7 Å². The van der Waals surface area contributed by atoms with Gasteiger partial charge >= 0.3 is 6.18 Å². The molecule has 3 rings (SSSR count). The number of anilines is 1. The highest BCUT2D eigenvalue weighted by molar-refractivity contribution is 6.04. The number of ether oxygens (including phenoxy) is 1. The number of aryl methyl sites for hydroxylation is 2. The predicted molar refractivity (Wildman–Crippen MR) is 94.8 cm³/mol. The zero-order chi connectivity index (χ0) is 21.7. The number of nitrogens with one attached hydrogen (secondary N) is 1. The maximum Gasteiger partial charge on any atom is 0.433 e. The number of halogens is 3. The molecule has 0 unspecified atom stereocenters. The molecule has 0 aliphatic heterocycles. The number of hydrogen-bond acceptors (Lipinski definition) is 8. The van der Waals surface area contributed by atoms with E-state index in [2.05, 4.69) is 35.9 Å². The van der Waals surface area contributed by atoms with Gasteiger partial charge in [-0.15, -0.1) is 0 Å². The molecule has 0 spiro atoms. The van der Waals surface area contributed by atoms with Gasteiger partial charge in [0.2, 0.25) is 5.95 Å². The van der Waals surface area contributed by atoms with Gasteiger partial charge in [0.25, 0.3) is 5.91 Å². The van der Waals surface area contributed by atoms with Crippen LogP contribution in [0.3, 0.4) is 0 Å². The quantitative estimate of drug-likeness (QED) is 0.577. The summed E-state index contributed by atoms with van der Waals surface area (Å²) in [6, 6.07) is 1.77. The molecule has 0 aliphatic rings. The van der Waals surface area contributed by atoms with Crippen molar-refractivity contribution in [2.45, 2.75) is 39.3 Å². The Morgan fingerprint density at radius 2 is 2.07 bits per heavy atom. The number of pyridine rings is 1. The van der Waals surface area contributed by atoms with E-state index in [1.165, 1.54) is 15.7 Å². The van der Waals surface area contributed by atoms with Gasteiger partial charge in [0.1, 0.15) is 18.6 Å². The minimum Gasteiger partial charge on any atom is -0.367 e. The SMILES string of the molecule is CCCn1nnnc1NC(=O)c1ccc(C(F)(F)F)nc1COCc1ncn(C)n1. The summed E-state index contributed by atoms with van der Waals surface area (Å²) in [4.78, 5) is 20.2. The van der Waals surface area contributed by atoms with Crippen LogP contribution >= 0.6 is 0 Å². The standard InChI is InChI=1S/C16H18F3N9O2/c1-3-6-28-15(23-25-26-28)22-14(29)10-4-5-12(16(17,18)19)21-11(10)7-30-8-13-20-9-27(2)24-13/h4-5,9H,3,6-8H2,1-2H3,(H,22,23,26,29). The van der Waals surface area contributed by atoms with E-state index in [-0.39, 0.29) is 30.4 Å². The average molecular weight is 425 g/mol. The van der Waals surface area contributed by atoms with Crippen molar-refractivity contribution in [3.8, 4) is 0 Å². The highest BCUT2D eigenvalue weighted by atomic mass is 19.4. The van der Waals surface area contributed by atoms with Gasteiger partial charge in [0, 0.05) is 13.6 Å². The molecule has 30 heavy (non-hydrogen) atoms. The number of alkyl halides is 3. The number of amides is 1. The summed E-state index contributed by atoms with van der Waals surface area (Å²) in [5, 5.41) is 17.4. The van der Waals surface area contributed by atoms with Crippen molar-refractivity contribution >= 4 is 11.9 Å². The lowest BCUT2D eigenvalue weighted by Gasteiger charge is -2.12. The molecule has 0 bridgehead atoms. The van der Waals surface area contributed by atoms with Crippen molar-refractivity contribution in [3.63, 3.8) is 0 Å². The molecule has 160 valence electrons. The summed E-state index contributed by atoms with van der Waals surface area (Å²) >= 11 is 0. The van der Waals surface area contributed by atoms with E-state index in [4.69, 9.17) is 4.74 Å². The predicted octanol–water partition coefficient (Wildman–Crippen LogP) is 1.59. The van der Waals surface area contributed by atoms with Crippen LogP contribution in [0, 0.1) is 0 Å². The second kappa shape index (κ2) is 8.94. The Bertz CT molecular complexity index is 1020. The van der Waals surface area contributed by atoms with Gasteiger partial charge in [-0.2, -0.15) is 18.3 Å². The molecule has 1 N–H and O–H groups in total. The lowest BCUT2D eigenvalue weighted by atomic mass is 10.1. The fourth-order valence-electron chi connectivity index (χ4n) is 2.49. The van der Waals surface area contributed by atoms with Crippen LogP contribution in [0.4, 0.5) is 19.1 Å². The van der Waals surface area contributed by atoms with Crippen molar-refractivity contribution in [2.75, 3.05) is 5.32 Å². The largest absolute Gasteiger partial charge is 0.433 e. The summed E-state index contributed by atoms with van der Waals surface area (Å²) < 4.78 is 47.4. The van der Waals surface area contributed by atoms with Crippen LogP contribution in [0.5, 0.6) is 0 Å². The number of hydrogen-bond donors (Lipinski definition) is 1. The van der Waals surface area contributed by atoms with E-state index < -0.39 is 17.8 Å². The lowest BCUT2D eigenvalue weighted by molar-refractivity contribution is -0.141. The molecule has 3 aromatic heterocycles. The van der Waals surface area contributed by atoms with E-state index in [9.17, 15) is 18.0 Å². The highest BCUT2D eigenvalue weighted by Crippen LogP contribution is 2.28. The minimum absolute atomic E-state index is 0.0609. The lowest BCUT2D eigenvalue weighted by Crippen LogP contribution is -2.20. The van der Waals surface area contributed by atoms with Crippen molar-refractivity contribution in [1.29, 1.82) is 0 Å². The Hall–Kier alpha value is -3.42. The van der Waals surface area contributed by atoms with Crippen molar-refractivity contribution in [3.05, 3.63) is 41.2 Å². The molecule has 0 aromatic carbocycles. The van der Waals surface area contributed by atoms with Crippen LogP contribution in [0.1, 0.15) is 40.9 Å². The maximum absolute atomic E-state index is 13.1. The van der Waals surface area contributed by atoms with Gasteiger partial charge in [-0.25, -0.2) is 14.6 Å². The molecule has 0 atom stereocenters. The van der Waals surface area contributed by atoms with E-state index in [0.717, 1.165) is 18.6 Å². The Kier molecular flexibility index (Phi) is 6.34. The first-order valence-corrected chi connectivity index (χ1v) is 8.84. The van der Waals surface area contributed by atoms with E-state index in [1.807, 2.05) is 6.92 Å². The van der Waals surface area contributed by atoms with Gasteiger partial charge in [-0.3, -0.25) is 14.8 Å². The number of rotatable bonds is 8. The Balaban J connectivity index is 1.80. The normalized spacial score (nSPS) is 11.6.